The van der Waals surface area contributed by atoms with Crippen LogP contribution in [0.2, 0.25) is 0 Å². The standard InChI is InChI=1S/C19H28N2O3S2/c22-19(9-13-26(23,24)18-4-2-1-3-5-18)20-14-16-6-10-21(11-7-16)17-8-12-25-15-17/h1-5,16-17H,6-15H2,(H,20,22)/t17-/m0/s1. The molecule has 0 saturated carbocycles. The van der Waals surface area contributed by atoms with E-state index in [1.165, 1.54) is 17.9 Å². The predicted molar refractivity (Wildman–Crippen MR) is 106 cm³/mol. The number of sulfone groups is 1. The Morgan fingerprint density at radius 1 is 1.15 bits per heavy atom. The highest BCUT2D eigenvalue weighted by Crippen LogP contribution is 2.26. The van der Waals surface area contributed by atoms with Gasteiger partial charge in [-0.3, -0.25) is 9.69 Å². The van der Waals surface area contributed by atoms with Gasteiger partial charge >= 0.3 is 0 Å². The summed E-state index contributed by atoms with van der Waals surface area (Å²) in [5.41, 5.74) is 0. The molecule has 2 heterocycles. The topological polar surface area (TPSA) is 66.5 Å². The van der Waals surface area contributed by atoms with Gasteiger partial charge in [0.2, 0.25) is 5.91 Å². The zero-order valence-electron chi connectivity index (χ0n) is 15.1. The van der Waals surface area contributed by atoms with Crippen LogP contribution in [0.3, 0.4) is 0 Å². The average Bonchev–Trinajstić information content (AvgIpc) is 3.21. The fourth-order valence-corrected chi connectivity index (χ4v) is 6.17. The quantitative estimate of drug-likeness (QED) is 0.765. The molecule has 0 aliphatic carbocycles. The molecule has 2 fully saturated rings. The number of amides is 1. The highest BCUT2D eigenvalue weighted by Gasteiger charge is 2.27. The first kappa shape index (κ1) is 19.7. The van der Waals surface area contributed by atoms with Gasteiger partial charge in [-0.2, -0.15) is 11.8 Å². The van der Waals surface area contributed by atoms with Crippen molar-refractivity contribution in [3.63, 3.8) is 0 Å². The first-order chi connectivity index (χ1) is 12.5. The molecular formula is C19H28N2O3S2. The fraction of sp³-hybridized carbons (Fsp3) is 0.632. The van der Waals surface area contributed by atoms with E-state index in [-0.39, 0.29) is 23.0 Å². The summed E-state index contributed by atoms with van der Waals surface area (Å²) in [4.78, 5) is 14.9. The third-order valence-electron chi connectivity index (χ3n) is 5.36. The Kier molecular flexibility index (Phi) is 7.00. The van der Waals surface area contributed by atoms with Gasteiger partial charge in [0, 0.05) is 24.8 Å². The monoisotopic (exact) mass is 396 g/mol. The Labute approximate surface area is 160 Å². The number of nitrogens with zero attached hydrogens (tertiary/aromatic N) is 1. The summed E-state index contributed by atoms with van der Waals surface area (Å²) in [5, 5.41) is 2.93. The number of nitrogens with one attached hydrogen (secondary N) is 1. The molecular weight excluding hydrogens is 368 g/mol. The number of carbonyl (C=O) groups is 1. The number of piperidine rings is 1. The molecule has 1 aromatic carbocycles. The van der Waals surface area contributed by atoms with E-state index >= 15 is 0 Å². The minimum absolute atomic E-state index is 0.0232. The molecule has 2 aliphatic rings. The predicted octanol–water partition coefficient (Wildman–Crippen LogP) is 2.18. The summed E-state index contributed by atoms with van der Waals surface area (Å²) < 4.78 is 24.4. The first-order valence-corrected chi connectivity index (χ1v) is 12.2. The fourth-order valence-electron chi connectivity index (χ4n) is 3.65. The van der Waals surface area contributed by atoms with Gasteiger partial charge in [-0.05, 0) is 56.2 Å². The molecule has 5 nitrogen and oxygen atoms in total. The van der Waals surface area contributed by atoms with E-state index in [0.29, 0.717) is 12.5 Å². The van der Waals surface area contributed by atoms with Gasteiger partial charge in [0.1, 0.15) is 0 Å². The summed E-state index contributed by atoms with van der Waals surface area (Å²) in [6, 6.07) is 9.07. The van der Waals surface area contributed by atoms with E-state index in [1.807, 2.05) is 11.8 Å². The van der Waals surface area contributed by atoms with Crippen LogP contribution in [0.5, 0.6) is 0 Å². The molecule has 2 aliphatic heterocycles. The van der Waals surface area contributed by atoms with E-state index in [9.17, 15) is 13.2 Å². The maximum absolute atomic E-state index is 12.2. The van der Waals surface area contributed by atoms with Crippen molar-refractivity contribution in [3.8, 4) is 0 Å². The molecule has 1 atom stereocenters. The van der Waals surface area contributed by atoms with Gasteiger partial charge in [-0.1, -0.05) is 18.2 Å². The first-order valence-electron chi connectivity index (χ1n) is 9.41. The summed E-state index contributed by atoms with van der Waals surface area (Å²) in [6.45, 7) is 2.90. The number of likely N-dealkylation sites (tertiary alicyclic amines) is 1. The molecule has 0 radical (unpaired) electrons. The lowest BCUT2D eigenvalue weighted by Gasteiger charge is -2.35. The molecule has 144 valence electrons. The van der Waals surface area contributed by atoms with Crippen LogP contribution in [0.25, 0.3) is 0 Å². The van der Waals surface area contributed by atoms with Gasteiger partial charge in [0.15, 0.2) is 9.84 Å². The summed E-state index contributed by atoms with van der Waals surface area (Å²) in [6.07, 6.45) is 3.56. The summed E-state index contributed by atoms with van der Waals surface area (Å²) >= 11 is 2.05. The van der Waals surface area contributed by atoms with E-state index in [1.54, 1.807) is 30.3 Å². The SMILES string of the molecule is O=C(CCS(=O)(=O)c1ccccc1)NCC1CCN([C@H]2CCSC2)CC1. The minimum atomic E-state index is -3.38. The highest BCUT2D eigenvalue weighted by atomic mass is 32.2. The highest BCUT2D eigenvalue weighted by molar-refractivity contribution is 7.99. The van der Waals surface area contributed by atoms with Crippen molar-refractivity contribution in [2.75, 3.05) is 36.9 Å². The third kappa shape index (κ3) is 5.47. The van der Waals surface area contributed by atoms with Crippen molar-refractivity contribution in [3.05, 3.63) is 30.3 Å². The van der Waals surface area contributed by atoms with Crippen molar-refractivity contribution in [1.29, 1.82) is 0 Å². The van der Waals surface area contributed by atoms with Crippen LogP contribution in [0.15, 0.2) is 35.2 Å². The lowest BCUT2D eigenvalue weighted by Crippen LogP contribution is -2.43. The lowest BCUT2D eigenvalue weighted by molar-refractivity contribution is -0.121. The Morgan fingerprint density at radius 2 is 1.88 bits per heavy atom. The molecule has 0 aromatic heterocycles. The van der Waals surface area contributed by atoms with Crippen molar-refractivity contribution >= 4 is 27.5 Å². The number of hydrogen-bond acceptors (Lipinski definition) is 5. The van der Waals surface area contributed by atoms with Gasteiger partial charge in [-0.25, -0.2) is 8.42 Å². The minimum Gasteiger partial charge on any atom is -0.356 e. The number of thioether (sulfide) groups is 1. The number of benzene rings is 1. The summed E-state index contributed by atoms with van der Waals surface area (Å²) in [7, 11) is -3.38. The Morgan fingerprint density at radius 3 is 2.54 bits per heavy atom. The molecule has 7 heteroatoms. The van der Waals surface area contributed by atoms with Crippen LogP contribution < -0.4 is 5.32 Å². The Balaban J connectivity index is 1.36. The zero-order valence-corrected chi connectivity index (χ0v) is 16.7. The normalized spacial score (nSPS) is 22.4. The maximum Gasteiger partial charge on any atom is 0.221 e. The lowest BCUT2D eigenvalue weighted by atomic mass is 9.95. The molecule has 1 aromatic rings. The van der Waals surface area contributed by atoms with Crippen LogP contribution in [-0.4, -0.2) is 62.2 Å². The van der Waals surface area contributed by atoms with Crippen LogP contribution >= 0.6 is 11.8 Å². The zero-order chi connectivity index (χ0) is 18.4. The number of hydrogen-bond donors (Lipinski definition) is 1. The van der Waals surface area contributed by atoms with E-state index in [2.05, 4.69) is 10.2 Å². The van der Waals surface area contributed by atoms with Gasteiger partial charge in [-0.15, -0.1) is 0 Å². The molecule has 1 N–H and O–H groups in total. The van der Waals surface area contributed by atoms with E-state index < -0.39 is 9.84 Å². The van der Waals surface area contributed by atoms with Gasteiger partial charge in [0.05, 0.1) is 10.6 Å². The second kappa shape index (κ2) is 9.24. The molecule has 0 unspecified atom stereocenters. The summed E-state index contributed by atoms with van der Waals surface area (Å²) in [5.74, 6) is 2.75. The van der Waals surface area contributed by atoms with E-state index in [4.69, 9.17) is 0 Å². The second-order valence-electron chi connectivity index (χ2n) is 7.18. The van der Waals surface area contributed by atoms with Gasteiger partial charge in [0.25, 0.3) is 0 Å². The largest absolute Gasteiger partial charge is 0.356 e. The molecule has 3 rings (SSSR count). The van der Waals surface area contributed by atoms with Crippen molar-refractivity contribution < 1.29 is 13.2 Å². The van der Waals surface area contributed by atoms with E-state index in [0.717, 1.165) is 32.0 Å². The Bertz CT molecular complexity index is 680. The van der Waals surface area contributed by atoms with Crippen LogP contribution in [0.4, 0.5) is 0 Å². The molecule has 26 heavy (non-hydrogen) atoms. The van der Waals surface area contributed by atoms with Crippen molar-refractivity contribution in [1.82, 2.24) is 10.2 Å². The maximum atomic E-state index is 12.2. The Hall–Kier alpha value is -1.05. The second-order valence-corrected chi connectivity index (χ2v) is 10.4. The number of carbonyl (C=O) groups excluding carboxylic acids is 1. The molecule has 0 spiro atoms. The third-order valence-corrected chi connectivity index (χ3v) is 8.24. The van der Waals surface area contributed by atoms with Crippen LogP contribution in [-0.2, 0) is 14.6 Å². The van der Waals surface area contributed by atoms with Gasteiger partial charge < -0.3 is 5.32 Å². The van der Waals surface area contributed by atoms with Crippen molar-refractivity contribution in [2.24, 2.45) is 5.92 Å². The van der Waals surface area contributed by atoms with Crippen molar-refractivity contribution in [2.45, 2.75) is 36.6 Å². The molecule has 0 bridgehead atoms. The van der Waals surface area contributed by atoms with Crippen LogP contribution in [0, 0.1) is 5.92 Å². The number of rotatable bonds is 7. The molecule has 2 saturated heterocycles. The smallest absolute Gasteiger partial charge is 0.221 e. The van der Waals surface area contributed by atoms with Crippen LogP contribution in [0.1, 0.15) is 25.7 Å². The molecule has 1 amide bonds. The average molecular weight is 397 g/mol.